The molecule has 0 bridgehead atoms. The maximum atomic E-state index is 12.8. The van der Waals surface area contributed by atoms with Crippen LogP contribution < -0.4 is 5.32 Å². The molecule has 4 atom stereocenters. The van der Waals surface area contributed by atoms with E-state index in [1.54, 1.807) is 13.8 Å². The topological polar surface area (TPSA) is 99.0 Å². The normalized spacial score (nSPS) is 30.2. The van der Waals surface area contributed by atoms with Crippen LogP contribution in [0.3, 0.4) is 0 Å². The fourth-order valence-electron chi connectivity index (χ4n) is 3.77. The first-order valence-electron chi connectivity index (χ1n) is 8.81. The van der Waals surface area contributed by atoms with Gasteiger partial charge in [0.25, 0.3) is 0 Å². The Morgan fingerprint density at radius 3 is 2.20 bits per heavy atom. The van der Waals surface area contributed by atoms with E-state index < -0.39 is 35.2 Å². The number of aliphatic hydroxyl groups excluding tert-OH is 3. The summed E-state index contributed by atoms with van der Waals surface area (Å²) in [7, 11) is 0. The molecule has 4 N–H and O–H groups in total. The van der Waals surface area contributed by atoms with Gasteiger partial charge in [0.1, 0.15) is 6.10 Å². The molecule has 25 heavy (non-hydrogen) atoms. The summed E-state index contributed by atoms with van der Waals surface area (Å²) in [6.07, 6.45) is -1.12. The summed E-state index contributed by atoms with van der Waals surface area (Å²) in [5, 5.41) is 32.8. The molecule has 0 aromatic heterocycles. The highest BCUT2D eigenvalue weighted by Crippen LogP contribution is 2.37. The predicted molar refractivity (Wildman–Crippen MR) is 101 cm³/mol. The highest BCUT2D eigenvalue weighted by atomic mass is 32.1. The molecule has 0 spiro atoms. The summed E-state index contributed by atoms with van der Waals surface area (Å²) in [5.74, 6) is -0.124. The molecular weight excluding hydrogens is 342 g/mol. The van der Waals surface area contributed by atoms with Crippen molar-refractivity contribution < 1.29 is 24.9 Å². The van der Waals surface area contributed by atoms with Crippen molar-refractivity contribution in [2.24, 2.45) is 16.7 Å². The Balaban J connectivity index is 2.96. The van der Waals surface area contributed by atoms with E-state index in [2.05, 4.69) is 31.8 Å². The Morgan fingerprint density at radius 2 is 1.76 bits per heavy atom. The lowest BCUT2D eigenvalue weighted by molar-refractivity contribution is -0.216. The van der Waals surface area contributed by atoms with E-state index in [1.165, 1.54) is 0 Å². The Labute approximate surface area is 156 Å². The Kier molecular flexibility index (Phi) is 7.38. The fourth-order valence-corrected chi connectivity index (χ4v) is 3.88. The molecule has 1 aliphatic heterocycles. The minimum Gasteiger partial charge on any atom is -0.396 e. The van der Waals surface area contributed by atoms with Crippen LogP contribution in [0.4, 0.5) is 0 Å². The standard InChI is InChI=1S/C18H35NO5S/c1-16(2,10-25)9-17(3,4)15(23)19-13-12(8-21)24-18(5,6)11(7-20)14(13)22/h11-14,20-22,25H,7-10H2,1-6H3,(H,19,23)/t11-,12+,13-,14-/m0/s1. The van der Waals surface area contributed by atoms with Gasteiger partial charge in [0, 0.05) is 11.3 Å². The third kappa shape index (κ3) is 5.32. The number of thiol groups is 1. The van der Waals surface area contributed by atoms with E-state index in [1.807, 2.05) is 13.8 Å². The van der Waals surface area contributed by atoms with Gasteiger partial charge in [-0.05, 0) is 31.4 Å². The van der Waals surface area contributed by atoms with Gasteiger partial charge in [-0.2, -0.15) is 12.6 Å². The predicted octanol–water partition coefficient (Wildman–Crippen LogP) is 0.983. The zero-order valence-corrected chi connectivity index (χ0v) is 17.1. The first kappa shape index (κ1) is 22.7. The maximum Gasteiger partial charge on any atom is 0.226 e. The Morgan fingerprint density at radius 1 is 1.20 bits per heavy atom. The molecule has 7 heteroatoms. The molecule has 0 saturated carbocycles. The van der Waals surface area contributed by atoms with E-state index in [4.69, 9.17) is 4.74 Å². The van der Waals surface area contributed by atoms with Crippen LogP contribution in [0.25, 0.3) is 0 Å². The molecule has 1 heterocycles. The minimum absolute atomic E-state index is 0.113. The smallest absolute Gasteiger partial charge is 0.226 e. The summed E-state index contributed by atoms with van der Waals surface area (Å²) in [5.41, 5.74) is -1.59. The lowest BCUT2D eigenvalue weighted by Gasteiger charge is -2.49. The van der Waals surface area contributed by atoms with Crippen LogP contribution in [0.2, 0.25) is 0 Å². The van der Waals surface area contributed by atoms with E-state index in [9.17, 15) is 20.1 Å². The van der Waals surface area contributed by atoms with Crippen LogP contribution in [-0.2, 0) is 9.53 Å². The highest BCUT2D eigenvalue weighted by molar-refractivity contribution is 7.80. The lowest BCUT2D eigenvalue weighted by Crippen LogP contribution is -2.66. The largest absolute Gasteiger partial charge is 0.396 e. The van der Waals surface area contributed by atoms with Crippen LogP contribution in [0.1, 0.15) is 48.0 Å². The second-order valence-electron chi connectivity index (χ2n) is 9.10. The highest BCUT2D eigenvalue weighted by Gasteiger charge is 2.50. The average Bonchev–Trinajstić information content (AvgIpc) is 2.48. The molecule has 0 aromatic carbocycles. The van der Waals surface area contributed by atoms with Gasteiger partial charge in [-0.15, -0.1) is 0 Å². The number of rotatable bonds is 7. The maximum absolute atomic E-state index is 12.8. The molecule has 0 unspecified atom stereocenters. The van der Waals surface area contributed by atoms with Crippen molar-refractivity contribution >= 4 is 18.5 Å². The van der Waals surface area contributed by atoms with Crippen molar-refractivity contribution in [3.63, 3.8) is 0 Å². The number of ether oxygens (including phenoxy) is 1. The second-order valence-corrected chi connectivity index (χ2v) is 9.42. The van der Waals surface area contributed by atoms with Crippen molar-refractivity contribution in [1.82, 2.24) is 5.32 Å². The van der Waals surface area contributed by atoms with Gasteiger partial charge in [0.05, 0.1) is 31.0 Å². The molecule has 6 nitrogen and oxygen atoms in total. The molecule has 0 aliphatic carbocycles. The van der Waals surface area contributed by atoms with Gasteiger partial charge in [-0.25, -0.2) is 0 Å². The summed E-state index contributed by atoms with van der Waals surface area (Å²) < 4.78 is 5.85. The van der Waals surface area contributed by atoms with Gasteiger partial charge in [-0.3, -0.25) is 4.79 Å². The van der Waals surface area contributed by atoms with Gasteiger partial charge >= 0.3 is 0 Å². The van der Waals surface area contributed by atoms with E-state index in [0.29, 0.717) is 12.2 Å². The fraction of sp³-hybridized carbons (Fsp3) is 0.944. The Hall–Kier alpha value is -0.340. The minimum atomic E-state index is -1.01. The van der Waals surface area contributed by atoms with Gasteiger partial charge in [0.2, 0.25) is 5.91 Å². The SMILES string of the molecule is CC(C)(CS)CC(C)(C)C(=O)N[C@@H]1[C@@H](O)[C@H](CO)C(C)(C)O[C@@H]1CO. The van der Waals surface area contributed by atoms with Crippen LogP contribution in [-0.4, -0.2) is 64.0 Å². The molecule has 1 aliphatic rings. The van der Waals surface area contributed by atoms with Gasteiger partial charge < -0.3 is 25.4 Å². The molecule has 1 saturated heterocycles. The summed E-state index contributed by atoms with van der Waals surface area (Å²) in [4.78, 5) is 12.8. The summed E-state index contributed by atoms with van der Waals surface area (Å²) in [6.45, 7) is 10.7. The molecule has 0 aromatic rings. The van der Waals surface area contributed by atoms with Crippen LogP contribution in [0, 0.1) is 16.7 Å². The van der Waals surface area contributed by atoms with E-state index in [0.717, 1.165) is 0 Å². The van der Waals surface area contributed by atoms with Gasteiger partial charge in [-0.1, -0.05) is 27.7 Å². The third-order valence-electron chi connectivity index (χ3n) is 5.17. The number of amides is 1. The second kappa shape index (κ2) is 8.13. The first-order valence-corrected chi connectivity index (χ1v) is 9.44. The first-order chi connectivity index (χ1) is 11.3. The van der Waals surface area contributed by atoms with Crippen LogP contribution in [0.5, 0.6) is 0 Å². The van der Waals surface area contributed by atoms with Crippen molar-refractivity contribution in [1.29, 1.82) is 0 Å². The number of nitrogens with one attached hydrogen (secondary N) is 1. The van der Waals surface area contributed by atoms with Crippen LogP contribution >= 0.6 is 12.6 Å². The van der Waals surface area contributed by atoms with Crippen molar-refractivity contribution in [3.05, 3.63) is 0 Å². The molecule has 1 rings (SSSR count). The third-order valence-corrected chi connectivity index (χ3v) is 6.02. The number of carbonyl (C=O) groups is 1. The zero-order valence-electron chi connectivity index (χ0n) is 16.2. The monoisotopic (exact) mass is 377 g/mol. The van der Waals surface area contributed by atoms with E-state index in [-0.39, 0.29) is 24.5 Å². The summed E-state index contributed by atoms with van der Waals surface area (Å²) in [6, 6.07) is -0.777. The van der Waals surface area contributed by atoms with Gasteiger partial charge in [0.15, 0.2) is 0 Å². The lowest BCUT2D eigenvalue weighted by atomic mass is 9.74. The number of hydrogen-bond donors (Lipinski definition) is 5. The number of hydrogen-bond acceptors (Lipinski definition) is 6. The Bertz CT molecular complexity index is 466. The molecule has 1 amide bonds. The number of carbonyl (C=O) groups excluding carboxylic acids is 1. The van der Waals surface area contributed by atoms with Crippen molar-refractivity contribution in [2.45, 2.75) is 71.8 Å². The molecule has 0 radical (unpaired) electrons. The van der Waals surface area contributed by atoms with Crippen molar-refractivity contribution in [2.75, 3.05) is 19.0 Å². The number of aliphatic hydroxyl groups is 3. The molecule has 1 fully saturated rings. The zero-order chi connectivity index (χ0) is 19.6. The van der Waals surface area contributed by atoms with Crippen molar-refractivity contribution in [3.8, 4) is 0 Å². The molecule has 148 valence electrons. The quantitative estimate of drug-likeness (QED) is 0.426. The average molecular weight is 378 g/mol. The molecular formula is C18H35NO5S. The van der Waals surface area contributed by atoms with E-state index >= 15 is 0 Å². The summed E-state index contributed by atoms with van der Waals surface area (Å²) >= 11 is 4.35. The van der Waals surface area contributed by atoms with Crippen LogP contribution in [0.15, 0.2) is 0 Å².